The number of alkyl halides is 1. The maximum Gasteiger partial charge on any atom is 0.0894 e. The molecule has 4 heteroatoms. The van der Waals surface area contributed by atoms with Crippen molar-refractivity contribution in [1.82, 2.24) is 4.67 Å². The van der Waals surface area contributed by atoms with Crippen LogP contribution in [0.3, 0.4) is 0 Å². The molecule has 0 aromatic heterocycles. The summed E-state index contributed by atoms with van der Waals surface area (Å²) >= 11 is 5.51. The molecule has 0 N–H and O–H groups in total. The van der Waals surface area contributed by atoms with Gasteiger partial charge in [-0.15, -0.1) is 11.6 Å². The largest absolute Gasteiger partial charge is 0.345 e. The predicted molar refractivity (Wildman–Crippen MR) is 57.1 cm³/mol. The first-order valence-corrected chi connectivity index (χ1v) is 5.70. The summed E-state index contributed by atoms with van der Waals surface area (Å²) in [7, 11) is 0.440. The van der Waals surface area contributed by atoms with E-state index in [1.165, 1.54) is 0 Å². The first-order valence-electron chi connectivity index (χ1n) is 4.31. The summed E-state index contributed by atoms with van der Waals surface area (Å²) in [5.41, 5.74) is 0. The number of rotatable bonds is 6. The molecule has 0 radical (unpaired) electrons. The highest BCUT2D eigenvalue weighted by Gasteiger charge is 2.12. The summed E-state index contributed by atoms with van der Waals surface area (Å²) in [4.78, 5) is 0. The van der Waals surface area contributed by atoms with Crippen LogP contribution in [0.25, 0.3) is 0 Å². The average molecular weight is 212 g/mol. The molecule has 0 saturated carbocycles. The Morgan fingerprint density at radius 1 is 1.25 bits per heavy atom. The first kappa shape index (κ1) is 12.6. The third-order valence-electron chi connectivity index (χ3n) is 1.46. The molecule has 12 heavy (non-hydrogen) atoms. The highest BCUT2D eigenvalue weighted by atomic mass is 35.5. The van der Waals surface area contributed by atoms with Crippen LogP contribution < -0.4 is 0 Å². The zero-order valence-corrected chi connectivity index (χ0v) is 10.1. The van der Waals surface area contributed by atoms with Gasteiger partial charge in [-0.2, -0.15) is 0 Å². The normalized spacial score (nSPS) is 13.0. The molecule has 0 aliphatic heterocycles. The average Bonchev–Trinajstić information content (AvgIpc) is 1.96. The van der Waals surface area contributed by atoms with Crippen molar-refractivity contribution in [2.45, 2.75) is 39.8 Å². The van der Waals surface area contributed by atoms with E-state index in [1.54, 1.807) is 0 Å². The van der Waals surface area contributed by atoms with Gasteiger partial charge in [0.1, 0.15) is 0 Å². The molecule has 0 heterocycles. The van der Waals surface area contributed by atoms with E-state index in [4.69, 9.17) is 16.1 Å². The quantitative estimate of drug-likeness (QED) is 0.381. The van der Waals surface area contributed by atoms with E-state index >= 15 is 0 Å². The molecule has 0 aromatic carbocycles. The lowest BCUT2D eigenvalue weighted by Crippen LogP contribution is -2.29. The molecule has 1 atom stereocenters. The molecule has 0 spiro atoms. The fourth-order valence-electron chi connectivity index (χ4n) is 0.966. The van der Waals surface area contributed by atoms with Crippen molar-refractivity contribution in [2.24, 2.45) is 0 Å². The van der Waals surface area contributed by atoms with Crippen LogP contribution in [0.1, 0.15) is 27.7 Å². The molecule has 1 unspecified atom stereocenters. The van der Waals surface area contributed by atoms with E-state index in [2.05, 4.69) is 32.4 Å². The van der Waals surface area contributed by atoms with Crippen LogP contribution in [0.5, 0.6) is 0 Å². The molecule has 0 fully saturated rings. The van der Waals surface area contributed by atoms with Gasteiger partial charge in [0.25, 0.3) is 0 Å². The lowest BCUT2D eigenvalue weighted by atomic mass is 10.3. The standard InChI is InChI=1S/C8H19ClNOP/c1-7(2)10(8(3)4)12-11-6-5-9/h7-8,12H,5-6H2,1-4H3. The molecule has 0 aromatic rings. The monoisotopic (exact) mass is 211 g/mol. The van der Waals surface area contributed by atoms with E-state index in [0.717, 1.165) is 0 Å². The molecule has 2 nitrogen and oxygen atoms in total. The molecule has 0 aliphatic rings. The molecule has 0 amide bonds. The second kappa shape index (κ2) is 7.08. The van der Waals surface area contributed by atoms with Gasteiger partial charge >= 0.3 is 0 Å². The summed E-state index contributed by atoms with van der Waals surface area (Å²) in [6, 6.07) is 1.08. The Morgan fingerprint density at radius 2 is 1.75 bits per heavy atom. The molecular weight excluding hydrogens is 193 g/mol. The fourth-order valence-corrected chi connectivity index (χ4v) is 1.94. The number of nitrogens with zero attached hydrogens (tertiary/aromatic N) is 1. The number of hydrogen-bond donors (Lipinski definition) is 0. The summed E-state index contributed by atoms with van der Waals surface area (Å²) in [6.45, 7) is 9.36. The maximum atomic E-state index is 5.51. The van der Waals surface area contributed by atoms with E-state index in [-0.39, 0.29) is 0 Å². The molecule has 0 saturated heterocycles. The van der Waals surface area contributed by atoms with Crippen LogP contribution >= 0.6 is 20.6 Å². The van der Waals surface area contributed by atoms with Crippen molar-refractivity contribution >= 4 is 20.6 Å². The lowest BCUT2D eigenvalue weighted by molar-refractivity contribution is 0.275. The highest BCUT2D eigenvalue weighted by Crippen LogP contribution is 2.25. The Balaban J connectivity index is 3.64. The Bertz CT molecular complexity index is 103. The van der Waals surface area contributed by atoms with Gasteiger partial charge in [-0.05, 0) is 27.7 Å². The molecule has 0 rings (SSSR count). The Hall–Kier alpha value is 0.640. The second-order valence-electron chi connectivity index (χ2n) is 3.22. The highest BCUT2D eigenvalue weighted by molar-refractivity contribution is 7.29. The van der Waals surface area contributed by atoms with Gasteiger partial charge in [0.05, 0.1) is 15.6 Å². The van der Waals surface area contributed by atoms with Crippen LogP contribution in [0.15, 0.2) is 0 Å². The molecular formula is C8H19ClNOP. The third kappa shape index (κ3) is 5.31. The molecule has 0 bridgehead atoms. The molecule has 0 aliphatic carbocycles. The first-order chi connectivity index (χ1) is 5.59. The van der Waals surface area contributed by atoms with Crippen LogP contribution in [-0.2, 0) is 4.52 Å². The van der Waals surface area contributed by atoms with Crippen LogP contribution in [0.4, 0.5) is 0 Å². The van der Waals surface area contributed by atoms with Crippen molar-refractivity contribution in [3.05, 3.63) is 0 Å². The topological polar surface area (TPSA) is 12.5 Å². The van der Waals surface area contributed by atoms with Gasteiger partial charge < -0.3 is 4.52 Å². The van der Waals surface area contributed by atoms with Gasteiger partial charge in [-0.3, -0.25) is 4.67 Å². The van der Waals surface area contributed by atoms with Crippen LogP contribution in [0, 0.1) is 0 Å². The Labute approximate surface area is 82.5 Å². The zero-order chi connectivity index (χ0) is 9.56. The zero-order valence-electron chi connectivity index (χ0n) is 8.30. The van der Waals surface area contributed by atoms with Gasteiger partial charge in [-0.25, -0.2) is 0 Å². The van der Waals surface area contributed by atoms with Gasteiger partial charge in [-0.1, -0.05) is 0 Å². The van der Waals surface area contributed by atoms with E-state index in [9.17, 15) is 0 Å². The molecule has 74 valence electrons. The fraction of sp³-hybridized carbons (Fsp3) is 1.00. The van der Waals surface area contributed by atoms with Gasteiger partial charge in [0.2, 0.25) is 0 Å². The minimum Gasteiger partial charge on any atom is -0.345 e. The summed E-state index contributed by atoms with van der Waals surface area (Å²) in [6.07, 6.45) is 0. The lowest BCUT2D eigenvalue weighted by Gasteiger charge is -2.29. The summed E-state index contributed by atoms with van der Waals surface area (Å²) in [5.74, 6) is 0.580. The number of halogens is 1. The van der Waals surface area contributed by atoms with E-state index in [0.29, 0.717) is 33.5 Å². The second-order valence-corrected chi connectivity index (χ2v) is 4.59. The van der Waals surface area contributed by atoms with Gasteiger partial charge in [0.15, 0.2) is 0 Å². The van der Waals surface area contributed by atoms with Crippen LogP contribution in [-0.4, -0.2) is 29.2 Å². The SMILES string of the molecule is CC(C)N(POCCCl)C(C)C. The van der Waals surface area contributed by atoms with Crippen molar-refractivity contribution in [2.75, 3.05) is 12.5 Å². The third-order valence-corrected chi connectivity index (χ3v) is 3.19. The summed E-state index contributed by atoms with van der Waals surface area (Å²) in [5, 5.41) is 0. The van der Waals surface area contributed by atoms with Crippen LogP contribution in [0.2, 0.25) is 0 Å². The van der Waals surface area contributed by atoms with Crippen molar-refractivity contribution in [3.63, 3.8) is 0 Å². The van der Waals surface area contributed by atoms with E-state index in [1.807, 2.05) is 0 Å². The summed E-state index contributed by atoms with van der Waals surface area (Å²) < 4.78 is 7.70. The van der Waals surface area contributed by atoms with Gasteiger partial charge in [0, 0.05) is 18.0 Å². The minimum atomic E-state index is 0.440. The van der Waals surface area contributed by atoms with E-state index < -0.39 is 0 Å². The predicted octanol–water partition coefficient (Wildman–Crippen LogP) is 2.87. The van der Waals surface area contributed by atoms with Crippen molar-refractivity contribution < 1.29 is 4.52 Å². The number of hydrogen-bond acceptors (Lipinski definition) is 2. The smallest absolute Gasteiger partial charge is 0.0894 e. The Morgan fingerprint density at radius 3 is 2.08 bits per heavy atom. The van der Waals surface area contributed by atoms with Crippen molar-refractivity contribution in [3.8, 4) is 0 Å². The minimum absolute atomic E-state index is 0.440. The maximum absolute atomic E-state index is 5.51. The van der Waals surface area contributed by atoms with Crippen molar-refractivity contribution in [1.29, 1.82) is 0 Å². The Kier molecular flexibility index (Phi) is 7.46.